The molecule has 0 atom stereocenters. The van der Waals surface area contributed by atoms with E-state index < -0.39 is 0 Å². The zero-order valence-corrected chi connectivity index (χ0v) is 10.0. The molecule has 3 heteroatoms. The summed E-state index contributed by atoms with van der Waals surface area (Å²) in [5.74, 6) is 0. The Morgan fingerprint density at radius 1 is 1.40 bits per heavy atom. The lowest BCUT2D eigenvalue weighted by molar-refractivity contribution is 0.443. The van der Waals surface area contributed by atoms with Crippen molar-refractivity contribution in [2.45, 2.75) is 20.8 Å². The molecule has 15 heavy (non-hydrogen) atoms. The van der Waals surface area contributed by atoms with Crippen molar-refractivity contribution in [2.75, 3.05) is 11.9 Å². The molecule has 0 aliphatic rings. The van der Waals surface area contributed by atoms with Gasteiger partial charge in [-0.1, -0.05) is 32.4 Å². The minimum atomic E-state index is 0.206. The van der Waals surface area contributed by atoms with Gasteiger partial charge in [0.2, 0.25) is 0 Å². The first-order valence-electron chi connectivity index (χ1n) is 4.86. The fourth-order valence-electron chi connectivity index (χ4n) is 1.09. The first kappa shape index (κ1) is 11.9. The first-order chi connectivity index (χ1) is 6.92. The fraction of sp³-hybridized carbons (Fsp3) is 0.417. The average molecular weight is 223 g/mol. The molecule has 0 fully saturated rings. The first-order valence-corrected chi connectivity index (χ1v) is 5.24. The summed E-state index contributed by atoms with van der Waals surface area (Å²) in [6.45, 7) is 7.30. The van der Waals surface area contributed by atoms with E-state index in [4.69, 9.17) is 16.9 Å². The Kier molecular flexibility index (Phi) is 3.60. The van der Waals surface area contributed by atoms with Gasteiger partial charge in [0, 0.05) is 6.54 Å². The quantitative estimate of drug-likeness (QED) is 0.829. The van der Waals surface area contributed by atoms with Gasteiger partial charge in [-0.25, -0.2) is 0 Å². The second-order valence-electron chi connectivity index (χ2n) is 4.72. The van der Waals surface area contributed by atoms with Gasteiger partial charge in [0.1, 0.15) is 0 Å². The Bertz CT molecular complexity index is 386. The van der Waals surface area contributed by atoms with Crippen LogP contribution < -0.4 is 5.32 Å². The highest BCUT2D eigenvalue weighted by atomic mass is 35.5. The third kappa shape index (κ3) is 3.81. The number of anilines is 1. The van der Waals surface area contributed by atoms with E-state index in [1.807, 2.05) is 6.07 Å². The van der Waals surface area contributed by atoms with E-state index in [9.17, 15) is 0 Å². The molecule has 0 spiro atoms. The topological polar surface area (TPSA) is 35.8 Å². The Morgan fingerprint density at radius 2 is 2.07 bits per heavy atom. The van der Waals surface area contributed by atoms with E-state index in [0.717, 1.165) is 12.2 Å². The van der Waals surface area contributed by atoms with Crippen LogP contribution in [0.4, 0.5) is 5.69 Å². The Labute approximate surface area is 95.9 Å². The lowest BCUT2D eigenvalue weighted by atomic mass is 9.97. The molecule has 2 nitrogen and oxygen atoms in total. The standard InChI is InChI=1S/C12H15ClN2/c1-12(2,3)8-15-11-5-4-9(7-14)6-10(11)13/h4-6,15H,8H2,1-3H3. The summed E-state index contributed by atoms with van der Waals surface area (Å²) in [4.78, 5) is 0. The summed E-state index contributed by atoms with van der Waals surface area (Å²) >= 11 is 6.02. The monoisotopic (exact) mass is 222 g/mol. The van der Waals surface area contributed by atoms with Crippen LogP contribution in [-0.2, 0) is 0 Å². The Morgan fingerprint density at radius 3 is 2.53 bits per heavy atom. The van der Waals surface area contributed by atoms with Gasteiger partial charge in [0.15, 0.2) is 0 Å². The molecular formula is C12H15ClN2. The number of nitrogens with zero attached hydrogens (tertiary/aromatic N) is 1. The molecule has 0 aliphatic heterocycles. The number of hydrogen-bond donors (Lipinski definition) is 1. The highest BCUT2D eigenvalue weighted by Crippen LogP contribution is 2.24. The van der Waals surface area contributed by atoms with Crippen LogP contribution in [-0.4, -0.2) is 6.54 Å². The zero-order chi connectivity index (χ0) is 11.5. The molecule has 1 aromatic rings. The molecular weight excluding hydrogens is 208 g/mol. The van der Waals surface area contributed by atoms with Crippen molar-refractivity contribution in [3.8, 4) is 6.07 Å². The zero-order valence-electron chi connectivity index (χ0n) is 9.26. The molecule has 0 saturated carbocycles. The lowest BCUT2D eigenvalue weighted by Crippen LogP contribution is -2.19. The number of hydrogen-bond acceptors (Lipinski definition) is 2. The SMILES string of the molecule is CC(C)(C)CNc1ccc(C#N)cc1Cl. The van der Waals surface area contributed by atoms with Gasteiger partial charge in [-0.05, 0) is 23.6 Å². The second-order valence-corrected chi connectivity index (χ2v) is 5.13. The molecule has 0 radical (unpaired) electrons. The average Bonchev–Trinajstić information content (AvgIpc) is 2.14. The van der Waals surface area contributed by atoms with Crippen molar-refractivity contribution >= 4 is 17.3 Å². The summed E-state index contributed by atoms with van der Waals surface area (Å²) in [5, 5.41) is 12.5. The maximum atomic E-state index is 8.68. The second kappa shape index (κ2) is 4.55. The van der Waals surface area contributed by atoms with Gasteiger partial charge in [-0.15, -0.1) is 0 Å². The fourth-order valence-corrected chi connectivity index (χ4v) is 1.34. The van der Waals surface area contributed by atoms with Crippen LogP contribution in [0.2, 0.25) is 5.02 Å². The van der Waals surface area contributed by atoms with Crippen molar-refractivity contribution in [3.05, 3.63) is 28.8 Å². The maximum absolute atomic E-state index is 8.68. The maximum Gasteiger partial charge on any atom is 0.0992 e. The molecule has 0 aliphatic carbocycles. The number of nitrogens with one attached hydrogen (secondary N) is 1. The minimum absolute atomic E-state index is 0.206. The van der Waals surface area contributed by atoms with Crippen molar-refractivity contribution in [1.82, 2.24) is 0 Å². The van der Waals surface area contributed by atoms with Crippen molar-refractivity contribution in [1.29, 1.82) is 5.26 Å². The summed E-state index contributed by atoms with van der Waals surface area (Å²) < 4.78 is 0. The largest absolute Gasteiger partial charge is 0.383 e. The van der Waals surface area contributed by atoms with E-state index in [2.05, 4.69) is 32.2 Å². The smallest absolute Gasteiger partial charge is 0.0992 e. The molecule has 80 valence electrons. The predicted molar refractivity (Wildman–Crippen MR) is 64.1 cm³/mol. The molecule has 0 bridgehead atoms. The summed E-state index contributed by atoms with van der Waals surface area (Å²) in [7, 11) is 0. The number of nitriles is 1. The van der Waals surface area contributed by atoms with Crippen LogP contribution in [0, 0.1) is 16.7 Å². The van der Waals surface area contributed by atoms with Crippen LogP contribution in [0.3, 0.4) is 0 Å². The molecule has 0 amide bonds. The van der Waals surface area contributed by atoms with Gasteiger partial charge >= 0.3 is 0 Å². The molecule has 1 rings (SSSR count). The van der Waals surface area contributed by atoms with Gasteiger partial charge in [0.25, 0.3) is 0 Å². The Hall–Kier alpha value is -1.20. The summed E-state index contributed by atoms with van der Waals surface area (Å²) in [6, 6.07) is 7.33. The summed E-state index contributed by atoms with van der Waals surface area (Å²) in [6.07, 6.45) is 0. The van der Waals surface area contributed by atoms with E-state index in [-0.39, 0.29) is 5.41 Å². The molecule has 0 saturated heterocycles. The lowest BCUT2D eigenvalue weighted by Gasteiger charge is -2.20. The molecule has 0 heterocycles. The van der Waals surface area contributed by atoms with Crippen LogP contribution in [0.1, 0.15) is 26.3 Å². The molecule has 0 unspecified atom stereocenters. The van der Waals surface area contributed by atoms with Gasteiger partial charge in [0.05, 0.1) is 22.3 Å². The summed E-state index contributed by atoms with van der Waals surface area (Å²) in [5.41, 5.74) is 1.67. The van der Waals surface area contributed by atoms with Crippen LogP contribution in [0.25, 0.3) is 0 Å². The number of benzene rings is 1. The molecule has 1 N–H and O–H groups in total. The van der Waals surface area contributed by atoms with Crippen molar-refractivity contribution in [2.24, 2.45) is 5.41 Å². The van der Waals surface area contributed by atoms with E-state index >= 15 is 0 Å². The Balaban J connectivity index is 2.76. The van der Waals surface area contributed by atoms with E-state index in [1.54, 1.807) is 12.1 Å². The molecule has 0 aromatic heterocycles. The number of rotatable bonds is 2. The third-order valence-corrected chi connectivity index (χ3v) is 2.22. The van der Waals surface area contributed by atoms with E-state index in [1.165, 1.54) is 0 Å². The van der Waals surface area contributed by atoms with E-state index in [0.29, 0.717) is 10.6 Å². The normalized spacial score (nSPS) is 10.9. The van der Waals surface area contributed by atoms with Gasteiger partial charge in [-0.3, -0.25) is 0 Å². The van der Waals surface area contributed by atoms with Crippen LogP contribution >= 0.6 is 11.6 Å². The van der Waals surface area contributed by atoms with Gasteiger partial charge < -0.3 is 5.32 Å². The third-order valence-electron chi connectivity index (χ3n) is 1.91. The number of halogens is 1. The molecule has 1 aromatic carbocycles. The van der Waals surface area contributed by atoms with Crippen LogP contribution in [0.5, 0.6) is 0 Å². The highest BCUT2D eigenvalue weighted by molar-refractivity contribution is 6.33. The predicted octanol–water partition coefficient (Wildman–Crippen LogP) is 3.67. The highest BCUT2D eigenvalue weighted by Gasteiger charge is 2.10. The van der Waals surface area contributed by atoms with Gasteiger partial charge in [-0.2, -0.15) is 5.26 Å². The van der Waals surface area contributed by atoms with Crippen LogP contribution in [0.15, 0.2) is 18.2 Å². The minimum Gasteiger partial charge on any atom is -0.383 e. The van der Waals surface area contributed by atoms with Crippen molar-refractivity contribution < 1.29 is 0 Å². The van der Waals surface area contributed by atoms with Crippen molar-refractivity contribution in [3.63, 3.8) is 0 Å².